The Labute approximate surface area is 132 Å². The molecule has 0 radical (unpaired) electrons. The Kier molecular flexibility index (Phi) is 5.11. The van der Waals surface area contributed by atoms with Crippen LogP contribution in [-0.4, -0.2) is 33.3 Å². The lowest BCUT2D eigenvalue weighted by atomic mass is 9.87. The van der Waals surface area contributed by atoms with Crippen LogP contribution in [0.1, 0.15) is 44.6 Å². The van der Waals surface area contributed by atoms with Gasteiger partial charge in [0.25, 0.3) is 0 Å². The Morgan fingerprint density at radius 2 is 2.05 bits per heavy atom. The number of rotatable bonds is 5. The Hall–Kier alpha value is -1.56. The normalized spacial score (nSPS) is 21.3. The van der Waals surface area contributed by atoms with Crippen molar-refractivity contribution in [1.29, 1.82) is 0 Å². The molecular formula is C16H23NO4S. The van der Waals surface area contributed by atoms with Crippen molar-refractivity contribution in [3.63, 3.8) is 0 Å². The number of hydrogen-bond donors (Lipinski definition) is 0. The maximum absolute atomic E-state index is 12.7. The van der Waals surface area contributed by atoms with E-state index in [2.05, 4.69) is 0 Å². The van der Waals surface area contributed by atoms with E-state index in [1.54, 1.807) is 12.1 Å². The van der Waals surface area contributed by atoms with E-state index in [-0.39, 0.29) is 17.8 Å². The molecule has 2 atom stereocenters. The maximum atomic E-state index is 12.7. The van der Waals surface area contributed by atoms with Gasteiger partial charge < -0.3 is 4.74 Å². The van der Waals surface area contributed by atoms with E-state index in [0.717, 1.165) is 12.0 Å². The highest BCUT2D eigenvalue weighted by atomic mass is 32.2. The molecule has 2 unspecified atom stereocenters. The van der Waals surface area contributed by atoms with Crippen molar-refractivity contribution < 1.29 is 17.9 Å². The third kappa shape index (κ3) is 3.11. The highest BCUT2D eigenvalue weighted by Gasteiger charge is 2.39. The fourth-order valence-electron chi connectivity index (χ4n) is 3.00. The number of carbonyl (C=O) groups excluding carboxylic acids is 1. The Bertz CT molecular complexity index is 641. The molecule has 122 valence electrons. The molecule has 1 heterocycles. The average Bonchev–Trinajstić information content (AvgIpc) is 2.51. The number of para-hydroxylation sites is 1. The van der Waals surface area contributed by atoms with E-state index in [4.69, 9.17) is 4.74 Å². The monoisotopic (exact) mass is 325 g/mol. The van der Waals surface area contributed by atoms with Crippen molar-refractivity contribution in [3.05, 3.63) is 29.8 Å². The van der Waals surface area contributed by atoms with Gasteiger partial charge >= 0.3 is 5.97 Å². The number of nitrogens with zero attached hydrogens (tertiary/aromatic N) is 1. The van der Waals surface area contributed by atoms with Crippen molar-refractivity contribution in [2.75, 3.05) is 17.2 Å². The zero-order valence-electron chi connectivity index (χ0n) is 13.3. The van der Waals surface area contributed by atoms with Crippen LogP contribution in [-0.2, 0) is 19.6 Å². The van der Waals surface area contributed by atoms with Crippen molar-refractivity contribution in [1.82, 2.24) is 0 Å². The smallest absolute Gasteiger partial charge is 0.313 e. The van der Waals surface area contributed by atoms with Crippen LogP contribution in [0.4, 0.5) is 5.69 Å². The number of esters is 1. The number of methoxy groups -OCH3 is 1. The largest absolute Gasteiger partial charge is 0.469 e. The highest BCUT2D eigenvalue weighted by Crippen LogP contribution is 2.40. The van der Waals surface area contributed by atoms with Gasteiger partial charge in [0.05, 0.1) is 24.5 Å². The molecule has 0 N–H and O–H groups in total. The molecule has 1 aromatic carbocycles. The third-order valence-corrected chi connectivity index (χ3v) is 6.03. The number of fused-ring (bicyclic) bond motifs is 1. The predicted molar refractivity (Wildman–Crippen MR) is 86.5 cm³/mol. The summed E-state index contributed by atoms with van der Waals surface area (Å²) in [5.41, 5.74) is 1.33. The van der Waals surface area contributed by atoms with Crippen LogP contribution >= 0.6 is 0 Å². The second kappa shape index (κ2) is 6.69. The van der Waals surface area contributed by atoms with E-state index in [1.165, 1.54) is 11.4 Å². The minimum absolute atomic E-state index is 0.130. The number of hydrogen-bond acceptors (Lipinski definition) is 4. The molecule has 0 aliphatic carbocycles. The number of carbonyl (C=O) groups is 1. The fraction of sp³-hybridized carbons (Fsp3) is 0.562. The maximum Gasteiger partial charge on any atom is 0.313 e. The molecule has 0 saturated heterocycles. The molecule has 1 aliphatic heterocycles. The van der Waals surface area contributed by atoms with Crippen LogP contribution in [0.15, 0.2) is 24.3 Å². The summed E-state index contributed by atoms with van der Waals surface area (Å²) in [4.78, 5) is 12.0. The first-order chi connectivity index (χ1) is 10.4. The third-order valence-electron chi connectivity index (χ3n) is 4.07. The van der Waals surface area contributed by atoms with Crippen molar-refractivity contribution in [2.45, 2.75) is 45.1 Å². The molecule has 0 amide bonds. The molecular weight excluding hydrogens is 302 g/mol. The zero-order valence-corrected chi connectivity index (χ0v) is 14.1. The lowest BCUT2D eigenvalue weighted by Crippen LogP contribution is -2.45. The van der Waals surface area contributed by atoms with Gasteiger partial charge in [-0.2, -0.15) is 0 Å². The first-order valence-corrected chi connectivity index (χ1v) is 9.22. The highest BCUT2D eigenvalue weighted by molar-refractivity contribution is 7.92. The Morgan fingerprint density at radius 1 is 1.36 bits per heavy atom. The first-order valence-electron chi connectivity index (χ1n) is 7.61. The van der Waals surface area contributed by atoms with Crippen LogP contribution in [0, 0.1) is 0 Å². The van der Waals surface area contributed by atoms with E-state index in [1.807, 2.05) is 26.0 Å². The molecule has 0 saturated carbocycles. The standard InChI is InChI=1S/C16H23NO4S/c1-4-5-10-22(19,20)17-12(2)11-14(16(18)21-3)13-8-6-7-9-15(13)17/h6-9,12,14H,4-5,10-11H2,1-3H3. The van der Waals surface area contributed by atoms with E-state index in [0.29, 0.717) is 18.5 Å². The van der Waals surface area contributed by atoms with Gasteiger partial charge in [-0.15, -0.1) is 0 Å². The molecule has 0 spiro atoms. The summed E-state index contributed by atoms with van der Waals surface area (Å²) in [5.74, 6) is -0.593. The lowest BCUT2D eigenvalue weighted by molar-refractivity contribution is -0.142. The van der Waals surface area contributed by atoms with Gasteiger partial charge in [0.1, 0.15) is 0 Å². The van der Waals surface area contributed by atoms with Crippen molar-refractivity contribution >= 4 is 21.7 Å². The van der Waals surface area contributed by atoms with Crippen LogP contribution in [0.25, 0.3) is 0 Å². The van der Waals surface area contributed by atoms with Crippen LogP contribution in [0.2, 0.25) is 0 Å². The Balaban J connectivity index is 2.47. The van der Waals surface area contributed by atoms with Gasteiger partial charge in [-0.3, -0.25) is 9.10 Å². The zero-order chi connectivity index (χ0) is 16.3. The number of unbranched alkanes of at least 4 members (excludes halogenated alkanes) is 1. The minimum atomic E-state index is -3.38. The molecule has 0 bridgehead atoms. The van der Waals surface area contributed by atoms with Gasteiger partial charge in [-0.25, -0.2) is 8.42 Å². The summed E-state index contributed by atoms with van der Waals surface area (Å²) < 4.78 is 31.7. The molecule has 5 nitrogen and oxygen atoms in total. The Morgan fingerprint density at radius 3 is 2.68 bits per heavy atom. The van der Waals surface area contributed by atoms with Gasteiger partial charge in [0.2, 0.25) is 10.0 Å². The summed E-state index contributed by atoms with van der Waals surface area (Å²) >= 11 is 0. The fourth-order valence-corrected chi connectivity index (χ4v) is 4.95. The molecule has 1 aliphatic rings. The number of anilines is 1. The lowest BCUT2D eigenvalue weighted by Gasteiger charge is -2.38. The molecule has 0 aromatic heterocycles. The van der Waals surface area contributed by atoms with Crippen molar-refractivity contribution in [3.8, 4) is 0 Å². The summed E-state index contributed by atoms with van der Waals surface area (Å²) in [5, 5.41) is 0. The quantitative estimate of drug-likeness (QED) is 0.781. The minimum Gasteiger partial charge on any atom is -0.469 e. The summed E-state index contributed by atoms with van der Waals surface area (Å²) in [6.07, 6.45) is 1.90. The van der Waals surface area contributed by atoms with Crippen LogP contribution in [0.5, 0.6) is 0 Å². The number of sulfonamides is 1. The van der Waals surface area contributed by atoms with Gasteiger partial charge in [-0.1, -0.05) is 31.5 Å². The SMILES string of the molecule is CCCCS(=O)(=O)N1c2ccccc2C(C(=O)OC)CC1C. The molecule has 0 fully saturated rings. The van der Waals surface area contributed by atoms with Crippen LogP contribution in [0.3, 0.4) is 0 Å². The van der Waals surface area contributed by atoms with Crippen LogP contribution < -0.4 is 4.31 Å². The van der Waals surface area contributed by atoms with Crippen molar-refractivity contribution in [2.24, 2.45) is 0 Å². The van der Waals surface area contributed by atoms with E-state index in [9.17, 15) is 13.2 Å². The molecule has 22 heavy (non-hydrogen) atoms. The first kappa shape index (κ1) is 16.8. The molecule has 6 heteroatoms. The second-order valence-corrected chi connectivity index (χ2v) is 7.65. The predicted octanol–water partition coefficient (Wildman–Crippen LogP) is 2.67. The van der Waals surface area contributed by atoms with Gasteiger partial charge in [-0.05, 0) is 31.4 Å². The molecule has 1 aromatic rings. The van der Waals surface area contributed by atoms with E-state index < -0.39 is 15.9 Å². The van der Waals surface area contributed by atoms with Gasteiger partial charge in [0, 0.05) is 6.04 Å². The summed E-state index contributed by atoms with van der Waals surface area (Å²) in [7, 11) is -2.02. The average molecular weight is 325 g/mol. The second-order valence-electron chi connectivity index (χ2n) is 5.68. The summed E-state index contributed by atoms with van der Waals surface area (Å²) in [6, 6.07) is 6.94. The molecule has 2 rings (SSSR count). The summed E-state index contributed by atoms with van der Waals surface area (Å²) in [6.45, 7) is 3.81. The topological polar surface area (TPSA) is 63.7 Å². The number of ether oxygens (including phenoxy) is 1. The van der Waals surface area contributed by atoms with Gasteiger partial charge in [0.15, 0.2) is 0 Å². The van der Waals surface area contributed by atoms with E-state index >= 15 is 0 Å². The number of benzene rings is 1.